The molecule has 3 rings (SSSR count). The summed E-state index contributed by atoms with van der Waals surface area (Å²) in [5, 5.41) is 14.1. The number of rotatable bonds is 2. The van der Waals surface area contributed by atoms with Crippen LogP contribution in [0.5, 0.6) is 0 Å². The van der Waals surface area contributed by atoms with E-state index in [2.05, 4.69) is 21.9 Å². The molecule has 0 spiro atoms. The maximum atomic E-state index is 11.4. The number of hydrogen-bond donors (Lipinski definition) is 1. The molecule has 0 aromatic carbocycles. The van der Waals surface area contributed by atoms with Crippen LogP contribution in [-0.2, 0) is 0 Å². The molecule has 2 aromatic rings. The van der Waals surface area contributed by atoms with Gasteiger partial charge in [0.05, 0.1) is 0 Å². The topological polar surface area (TPSA) is 87.8 Å². The van der Waals surface area contributed by atoms with Crippen molar-refractivity contribution in [2.75, 3.05) is 18.0 Å². The van der Waals surface area contributed by atoms with Crippen LogP contribution in [-0.4, -0.2) is 38.8 Å². The quantitative estimate of drug-likeness (QED) is 0.892. The Kier molecular flexibility index (Phi) is 3.17. The maximum absolute atomic E-state index is 11.4. The first-order valence-electron chi connectivity index (χ1n) is 6.44. The number of aromatic nitrogens is 3. The minimum absolute atomic E-state index is 0.145. The summed E-state index contributed by atoms with van der Waals surface area (Å²) in [6, 6.07) is 0.997. The Balaban J connectivity index is 2.04. The van der Waals surface area contributed by atoms with Crippen molar-refractivity contribution in [3.8, 4) is 0 Å². The molecular formula is C12H14N4O3S. The second-order valence-electron chi connectivity index (χ2n) is 5.03. The van der Waals surface area contributed by atoms with Crippen molar-refractivity contribution in [1.82, 2.24) is 14.6 Å². The predicted octanol–water partition coefficient (Wildman–Crippen LogP) is 1.09. The summed E-state index contributed by atoms with van der Waals surface area (Å²) in [6.07, 6.45) is 2.18. The van der Waals surface area contributed by atoms with Crippen molar-refractivity contribution in [3.63, 3.8) is 0 Å². The summed E-state index contributed by atoms with van der Waals surface area (Å²) < 4.78 is 1.24. The molecule has 0 atom stereocenters. The number of carbonyl (C=O) groups is 1. The van der Waals surface area contributed by atoms with Crippen molar-refractivity contribution in [2.24, 2.45) is 5.92 Å². The van der Waals surface area contributed by atoms with Gasteiger partial charge in [0.1, 0.15) is 0 Å². The van der Waals surface area contributed by atoms with Gasteiger partial charge in [0, 0.05) is 19.2 Å². The highest BCUT2D eigenvalue weighted by molar-refractivity contribution is 7.20. The van der Waals surface area contributed by atoms with E-state index in [0.717, 1.165) is 37.1 Å². The van der Waals surface area contributed by atoms with Crippen LogP contribution in [0.4, 0.5) is 5.13 Å². The summed E-state index contributed by atoms with van der Waals surface area (Å²) in [5.41, 5.74) is -0.697. The molecule has 1 saturated heterocycles. The van der Waals surface area contributed by atoms with Gasteiger partial charge in [-0.05, 0) is 18.8 Å². The van der Waals surface area contributed by atoms with Crippen molar-refractivity contribution < 1.29 is 9.90 Å². The van der Waals surface area contributed by atoms with E-state index in [4.69, 9.17) is 5.11 Å². The van der Waals surface area contributed by atoms with Crippen LogP contribution in [0.3, 0.4) is 0 Å². The van der Waals surface area contributed by atoms with Gasteiger partial charge in [-0.15, -0.1) is 5.10 Å². The van der Waals surface area contributed by atoms with Crippen LogP contribution >= 0.6 is 11.3 Å². The Morgan fingerprint density at radius 2 is 2.15 bits per heavy atom. The summed E-state index contributed by atoms with van der Waals surface area (Å²) in [7, 11) is 0. The number of carboxylic acid groups (broad SMARTS) is 1. The van der Waals surface area contributed by atoms with E-state index < -0.39 is 11.5 Å². The molecule has 8 heteroatoms. The molecular weight excluding hydrogens is 280 g/mol. The minimum atomic E-state index is -1.18. The van der Waals surface area contributed by atoms with Gasteiger partial charge in [-0.2, -0.15) is 9.50 Å². The largest absolute Gasteiger partial charge is 0.477 e. The van der Waals surface area contributed by atoms with Gasteiger partial charge < -0.3 is 10.0 Å². The molecule has 7 nitrogen and oxygen atoms in total. The zero-order valence-electron chi connectivity index (χ0n) is 10.9. The number of hydrogen-bond acceptors (Lipinski definition) is 6. The van der Waals surface area contributed by atoms with Crippen molar-refractivity contribution in [1.29, 1.82) is 0 Å². The Hall–Kier alpha value is -1.96. The highest BCUT2D eigenvalue weighted by Gasteiger charge is 2.21. The molecule has 20 heavy (non-hydrogen) atoms. The molecule has 0 aliphatic carbocycles. The average Bonchev–Trinajstić information content (AvgIpc) is 2.81. The molecule has 1 aliphatic rings. The number of aromatic carboxylic acids is 1. The van der Waals surface area contributed by atoms with Crippen LogP contribution < -0.4 is 10.5 Å². The van der Waals surface area contributed by atoms with E-state index in [1.54, 1.807) is 0 Å². The monoisotopic (exact) mass is 294 g/mol. The molecule has 1 aliphatic heterocycles. The molecule has 0 bridgehead atoms. The van der Waals surface area contributed by atoms with Crippen molar-refractivity contribution in [3.05, 3.63) is 22.1 Å². The van der Waals surface area contributed by atoms with Crippen molar-refractivity contribution >= 4 is 27.4 Å². The lowest BCUT2D eigenvalue weighted by atomic mass is 10.00. The molecule has 1 N–H and O–H groups in total. The van der Waals surface area contributed by atoms with E-state index in [9.17, 15) is 9.59 Å². The number of carboxylic acids is 1. The van der Waals surface area contributed by atoms with E-state index in [1.165, 1.54) is 15.9 Å². The molecule has 0 radical (unpaired) electrons. The van der Waals surface area contributed by atoms with E-state index in [1.807, 2.05) is 0 Å². The molecule has 3 heterocycles. The Bertz CT molecular complexity index is 715. The second-order valence-corrected chi connectivity index (χ2v) is 5.97. The maximum Gasteiger partial charge on any atom is 0.354 e. The molecule has 0 saturated carbocycles. The summed E-state index contributed by atoms with van der Waals surface area (Å²) in [4.78, 5) is 28.8. The Labute approximate surface area is 118 Å². The van der Waals surface area contributed by atoms with Gasteiger partial charge in [0.25, 0.3) is 5.56 Å². The number of fused-ring (bicyclic) bond motifs is 1. The molecule has 0 unspecified atom stereocenters. The lowest BCUT2D eigenvalue weighted by Crippen LogP contribution is -2.32. The summed E-state index contributed by atoms with van der Waals surface area (Å²) >= 11 is 1.25. The molecule has 1 fully saturated rings. The van der Waals surface area contributed by atoms with Crippen LogP contribution in [0.1, 0.15) is 30.3 Å². The number of anilines is 1. The Morgan fingerprint density at radius 1 is 1.45 bits per heavy atom. The van der Waals surface area contributed by atoms with Gasteiger partial charge in [0.15, 0.2) is 5.69 Å². The average molecular weight is 294 g/mol. The first kappa shape index (κ1) is 13.0. The molecule has 2 aromatic heterocycles. The van der Waals surface area contributed by atoms with Gasteiger partial charge in [-0.1, -0.05) is 18.3 Å². The fourth-order valence-corrected chi connectivity index (χ4v) is 3.24. The highest BCUT2D eigenvalue weighted by atomic mass is 32.1. The molecule has 0 amide bonds. The lowest BCUT2D eigenvalue weighted by Gasteiger charge is -2.29. The van der Waals surface area contributed by atoms with Gasteiger partial charge in [0.2, 0.25) is 10.1 Å². The minimum Gasteiger partial charge on any atom is -0.477 e. The lowest BCUT2D eigenvalue weighted by molar-refractivity contribution is 0.0687. The fourth-order valence-electron chi connectivity index (χ4n) is 2.29. The van der Waals surface area contributed by atoms with Gasteiger partial charge in [-0.3, -0.25) is 4.79 Å². The zero-order chi connectivity index (χ0) is 14.3. The van der Waals surface area contributed by atoms with Crippen LogP contribution in [0.2, 0.25) is 0 Å². The van der Waals surface area contributed by atoms with E-state index in [-0.39, 0.29) is 5.69 Å². The number of nitrogens with zero attached hydrogens (tertiary/aromatic N) is 4. The normalized spacial score (nSPS) is 16.8. The van der Waals surface area contributed by atoms with Crippen LogP contribution in [0, 0.1) is 5.92 Å². The van der Waals surface area contributed by atoms with Crippen LogP contribution in [0.25, 0.3) is 4.96 Å². The SMILES string of the molecule is CC1CCN(c2nn3c(C(=O)O)cc(=O)nc3s2)CC1. The van der Waals surface area contributed by atoms with E-state index in [0.29, 0.717) is 10.9 Å². The molecule has 106 valence electrons. The fraction of sp³-hybridized carbons (Fsp3) is 0.500. The first-order valence-corrected chi connectivity index (χ1v) is 7.25. The summed E-state index contributed by atoms with van der Waals surface area (Å²) in [5.74, 6) is -0.474. The van der Waals surface area contributed by atoms with Crippen molar-refractivity contribution in [2.45, 2.75) is 19.8 Å². The standard InChI is InChI=1S/C12H14N4O3S/c1-7-2-4-15(5-3-7)12-14-16-8(10(18)19)6-9(17)13-11(16)20-12/h6-7H,2-5H2,1H3,(H,18,19). The third-order valence-electron chi connectivity index (χ3n) is 3.52. The van der Waals surface area contributed by atoms with Gasteiger partial charge >= 0.3 is 5.97 Å². The van der Waals surface area contributed by atoms with E-state index >= 15 is 0 Å². The third-order valence-corrected chi connectivity index (χ3v) is 4.49. The smallest absolute Gasteiger partial charge is 0.354 e. The van der Waals surface area contributed by atoms with Gasteiger partial charge in [-0.25, -0.2) is 4.79 Å². The second kappa shape index (κ2) is 4.86. The first-order chi connectivity index (χ1) is 9.54. The third kappa shape index (κ3) is 2.26. The number of piperidine rings is 1. The Morgan fingerprint density at radius 3 is 2.80 bits per heavy atom. The summed E-state index contributed by atoms with van der Waals surface area (Å²) in [6.45, 7) is 4.01. The highest BCUT2D eigenvalue weighted by Crippen LogP contribution is 2.27. The van der Waals surface area contributed by atoms with Crippen LogP contribution in [0.15, 0.2) is 10.9 Å². The predicted molar refractivity (Wildman–Crippen MR) is 74.7 cm³/mol. The zero-order valence-corrected chi connectivity index (χ0v) is 11.8.